The molecular weight excluding hydrogens is 318 g/mol. The van der Waals surface area contributed by atoms with Crippen LogP contribution in [0.3, 0.4) is 0 Å². The van der Waals surface area contributed by atoms with E-state index in [9.17, 15) is 9.59 Å². The molecule has 0 bridgehead atoms. The molecule has 0 saturated carbocycles. The number of aliphatic carboxylic acids is 1. The molecule has 0 fully saturated rings. The predicted octanol–water partition coefficient (Wildman–Crippen LogP) is 3.02. The Balaban J connectivity index is 1.67. The van der Waals surface area contributed by atoms with Gasteiger partial charge in [0, 0.05) is 13.0 Å². The fraction of sp³-hybridized carbons (Fsp3) is 0.300. The number of nitrogens with one attached hydrogen (secondary N) is 1. The molecule has 0 radical (unpaired) electrons. The van der Waals surface area contributed by atoms with Crippen molar-refractivity contribution in [3.8, 4) is 16.9 Å². The van der Waals surface area contributed by atoms with E-state index in [1.807, 2.05) is 36.4 Å². The number of carboxylic acids is 1. The number of hydrogen-bond acceptors (Lipinski definition) is 3. The van der Waals surface area contributed by atoms with Gasteiger partial charge in [0.1, 0.15) is 11.2 Å². The third-order valence-corrected chi connectivity index (χ3v) is 4.53. The molecule has 3 rings (SSSR count). The largest absolute Gasteiger partial charge is 0.493 e. The Labute approximate surface area is 146 Å². The van der Waals surface area contributed by atoms with Gasteiger partial charge in [0.05, 0.1) is 6.61 Å². The van der Waals surface area contributed by atoms with Crippen molar-refractivity contribution in [2.24, 2.45) is 5.41 Å². The van der Waals surface area contributed by atoms with Gasteiger partial charge in [-0.1, -0.05) is 30.3 Å². The average Bonchev–Trinajstić information content (AvgIpc) is 3.07. The van der Waals surface area contributed by atoms with E-state index in [0.717, 1.165) is 35.5 Å². The summed E-state index contributed by atoms with van der Waals surface area (Å²) in [4.78, 5) is 23.1. The number of carboxylic acid groups (broad SMARTS) is 1. The lowest BCUT2D eigenvalue weighted by molar-refractivity contribution is -0.153. The maximum absolute atomic E-state index is 12.0. The van der Waals surface area contributed by atoms with Gasteiger partial charge in [0.2, 0.25) is 5.91 Å². The van der Waals surface area contributed by atoms with Gasteiger partial charge in [-0.05, 0) is 48.2 Å². The fourth-order valence-electron chi connectivity index (χ4n) is 2.68. The summed E-state index contributed by atoms with van der Waals surface area (Å²) in [5.41, 5.74) is 2.93. The minimum absolute atomic E-state index is 0.299. The fourth-order valence-corrected chi connectivity index (χ4v) is 2.68. The summed E-state index contributed by atoms with van der Waals surface area (Å²) in [6, 6.07) is 14.1. The van der Waals surface area contributed by atoms with E-state index in [0.29, 0.717) is 6.54 Å². The third kappa shape index (κ3) is 3.50. The van der Waals surface area contributed by atoms with E-state index in [1.54, 1.807) is 0 Å². The SMILES string of the molecule is CC(C)(C(=O)O)C(=O)NCc1ccc(-c2ccc3c(c2)CCO3)cc1. The second kappa shape index (κ2) is 6.59. The maximum atomic E-state index is 12.0. The van der Waals surface area contributed by atoms with Crippen LogP contribution in [0.5, 0.6) is 5.75 Å². The normalized spacial score (nSPS) is 13.0. The lowest BCUT2D eigenvalue weighted by atomic mass is 9.92. The van der Waals surface area contributed by atoms with Crippen LogP contribution in [0.4, 0.5) is 0 Å². The average molecular weight is 339 g/mol. The minimum atomic E-state index is -1.44. The van der Waals surface area contributed by atoms with Crippen molar-refractivity contribution in [1.82, 2.24) is 5.32 Å². The van der Waals surface area contributed by atoms with Gasteiger partial charge < -0.3 is 15.2 Å². The molecule has 0 unspecified atom stereocenters. The van der Waals surface area contributed by atoms with Crippen molar-refractivity contribution in [3.63, 3.8) is 0 Å². The van der Waals surface area contributed by atoms with Gasteiger partial charge in [-0.3, -0.25) is 9.59 Å². The molecule has 0 aliphatic carbocycles. The predicted molar refractivity (Wildman–Crippen MR) is 94.3 cm³/mol. The molecule has 2 N–H and O–H groups in total. The van der Waals surface area contributed by atoms with Gasteiger partial charge in [-0.15, -0.1) is 0 Å². The molecule has 0 saturated heterocycles. The highest BCUT2D eigenvalue weighted by atomic mass is 16.5. The molecule has 25 heavy (non-hydrogen) atoms. The Kier molecular flexibility index (Phi) is 4.49. The first-order chi connectivity index (χ1) is 11.9. The first-order valence-electron chi connectivity index (χ1n) is 8.24. The smallest absolute Gasteiger partial charge is 0.318 e. The Morgan fingerprint density at radius 3 is 2.48 bits per heavy atom. The number of fused-ring (bicyclic) bond motifs is 1. The minimum Gasteiger partial charge on any atom is -0.493 e. The number of hydrogen-bond donors (Lipinski definition) is 2. The highest BCUT2D eigenvalue weighted by Crippen LogP contribution is 2.30. The highest BCUT2D eigenvalue weighted by Gasteiger charge is 2.35. The highest BCUT2D eigenvalue weighted by molar-refractivity contribution is 6.00. The monoisotopic (exact) mass is 339 g/mol. The van der Waals surface area contributed by atoms with Crippen molar-refractivity contribution >= 4 is 11.9 Å². The van der Waals surface area contributed by atoms with Crippen LogP contribution in [-0.4, -0.2) is 23.6 Å². The van der Waals surface area contributed by atoms with Crippen LogP contribution in [0.2, 0.25) is 0 Å². The Hall–Kier alpha value is -2.82. The topological polar surface area (TPSA) is 75.6 Å². The van der Waals surface area contributed by atoms with Crippen LogP contribution in [0.25, 0.3) is 11.1 Å². The van der Waals surface area contributed by atoms with E-state index < -0.39 is 17.3 Å². The molecule has 1 aliphatic heterocycles. The summed E-state index contributed by atoms with van der Waals surface area (Å²) in [5, 5.41) is 11.7. The Morgan fingerprint density at radius 1 is 1.12 bits per heavy atom. The van der Waals surface area contributed by atoms with E-state index >= 15 is 0 Å². The van der Waals surface area contributed by atoms with E-state index in [-0.39, 0.29) is 0 Å². The first-order valence-corrected chi connectivity index (χ1v) is 8.24. The quantitative estimate of drug-likeness (QED) is 0.821. The molecule has 2 aromatic rings. The van der Waals surface area contributed by atoms with Crippen molar-refractivity contribution in [3.05, 3.63) is 53.6 Å². The van der Waals surface area contributed by atoms with Gasteiger partial charge in [0.15, 0.2) is 0 Å². The molecule has 2 aromatic carbocycles. The van der Waals surface area contributed by atoms with E-state index in [4.69, 9.17) is 9.84 Å². The van der Waals surface area contributed by atoms with Gasteiger partial charge in [-0.25, -0.2) is 0 Å². The van der Waals surface area contributed by atoms with Gasteiger partial charge in [-0.2, -0.15) is 0 Å². The molecule has 1 aliphatic rings. The van der Waals surface area contributed by atoms with Crippen molar-refractivity contribution < 1.29 is 19.4 Å². The third-order valence-electron chi connectivity index (χ3n) is 4.53. The molecule has 0 aromatic heterocycles. The number of amides is 1. The second-order valence-electron chi connectivity index (χ2n) is 6.73. The van der Waals surface area contributed by atoms with Crippen molar-refractivity contribution in [2.45, 2.75) is 26.8 Å². The lowest BCUT2D eigenvalue weighted by Crippen LogP contribution is -2.41. The summed E-state index contributed by atoms with van der Waals surface area (Å²) >= 11 is 0. The summed E-state index contributed by atoms with van der Waals surface area (Å²) in [7, 11) is 0. The zero-order valence-electron chi connectivity index (χ0n) is 14.3. The standard InChI is InChI=1S/C20H21NO4/c1-20(2,19(23)24)18(22)21-12-13-3-5-14(6-4-13)15-7-8-17-16(11-15)9-10-25-17/h3-8,11H,9-10,12H2,1-2H3,(H,21,22)(H,23,24). The summed E-state index contributed by atoms with van der Waals surface area (Å²) in [5.74, 6) is -0.673. The van der Waals surface area contributed by atoms with Crippen LogP contribution in [-0.2, 0) is 22.6 Å². The molecule has 0 spiro atoms. The van der Waals surface area contributed by atoms with Gasteiger partial charge in [0.25, 0.3) is 0 Å². The lowest BCUT2D eigenvalue weighted by Gasteiger charge is -2.18. The molecule has 130 valence electrons. The van der Waals surface area contributed by atoms with Crippen LogP contribution >= 0.6 is 0 Å². The number of ether oxygens (including phenoxy) is 1. The summed E-state index contributed by atoms with van der Waals surface area (Å²) in [6.45, 7) is 3.83. The Bertz CT molecular complexity index is 809. The molecule has 0 atom stereocenters. The van der Waals surface area contributed by atoms with Crippen molar-refractivity contribution in [1.29, 1.82) is 0 Å². The van der Waals surface area contributed by atoms with Crippen LogP contribution < -0.4 is 10.1 Å². The maximum Gasteiger partial charge on any atom is 0.318 e. The van der Waals surface area contributed by atoms with Crippen molar-refractivity contribution in [2.75, 3.05) is 6.61 Å². The van der Waals surface area contributed by atoms with E-state index in [1.165, 1.54) is 19.4 Å². The number of rotatable bonds is 5. The number of carbonyl (C=O) groups is 2. The van der Waals surface area contributed by atoms with Crippen LogP contribution in [0, 0.1) is 5.41 Å². The molecule has 1 heterocycles. The second-order valence-corrected chi connectivity index (χ2v) is 6.73. The zero-order chi connectivity index (χ0) is 18.0. The van der Waals surface area contributed by atoms with Crippen LogP contribution in [0.15, 0.2) is 42.5 Å². The zero-order valence-corrected chi connectivity index (χ0v) is 14.3. The molecule has 1 amide bonds. The number of carbonyl (C=O) groups excluding carboxylic acids is 1. The van der Waals surface area contributed by atoms with Gasteiger partial charge >= 0.3 is 5.97 Å². The van der Waals surface area contributed by atoms with E-state index in [2.05, 4.69) is 11.4 Å². The Morgan fingerprint density at radius 2 is 1.80 bits per heavy atom. The molecular formula is C20H21NO4. The first kappa shape index (κ1) is 17.0. The van der Waals surface area contributed by atoms with Crippen LogP contribution in [0.1, 0.15) is 25.0 Å². The number of benzene rings is 2. The molecule has 5 heteroatoms. The summed E-state index contributed by atoms with van der Waals surface area (Å²) in [6.07, 6.45) is 0.937. The summed E-state index contributed by atoms with van der Waals surface area (Å²) < 4.78 is 5.53. The molecule has 5 nitrogen and oxygen atoms in total.